The molecule has 2 fully saturated rings. The molecule has 1 saturated heterocycles. The molecule has 0 radical (unpaired) electrons. The molecule has 1 N–H and O–H groups in total. The first-order valence-corrected chi connectivity index (χ1v) is 13.4. The molecule has 4 atom stereocenters. The Bertz CT molecular complexity index is 1450. The van der Waals surface area contributed by atoms with Crippen LogP contribution in [0, 0.1) is 5.92 Å². The Balaban J connectivity index is 1.66. The number of carbonyl (C=O) groups excluding carboxylic acids is 4. The molecule has 0 spiro atoms. The van der Waals surface area contributed by atoms with Gasteiger partial charge in [-0.3, -0.25) is 14.5 Å². The van der Waals surface area contributed by atoms with Crippen LogP contribution >= 0.6 is 0 Å². The van der Waals surface area contributed by atoms with Crippen LogP contribution in [0.15, 0.2) is 47.1 Å². The lowest BCUT2D eigenvalue weighted by molar-refractivity contribution is -0.147. The first kappa shape index (κ1) is 30.4. The molecule has 224 valence electrons. The van der Waals surface area contributed by atoms with Crippen molar-refractivity contribution in [3.63, 3.8) is 0 Å². The van der Waals surface area contributed by atoms with E-state index in [4.69, 9.17) is 18.9 Å². The van der Waals surface area contributed by atoms with Crippen LogP contribution in [0.1, 0.15) is 44.1 Å². The van der Waals surface area contributed by atoms with Crippen molar-refractivity contribution in [3.8, 4) is 11.5 Å². The van der Waals surface area contributed by atoms with Gasteiger partial charge in [-0.15, -0.1) is 11.7 Å². The van der Waals surface area contributed by atoms with E-state index in [9.17, 15) is 19.2 Å². The molecule has 3 amide bonds. The molecule has 13 nitrogen and oxygen atoms in total. The average molecular weight is 582 g/mol. The summed E-state index contributed by atoms with van der Waals surface area (Å²) in [4.78, 5) is 57.6. The van der Waals surface area contributed by atoms with Crippen molar-refractivity contribution in [2.75, 3.05) is 27.8 Å². The van der Waals surface area contributed by atoms with E-state index in [1.54, 1.807) is 45.0 Å². The highest BCUT2D eigenvalue weighted by molar-refractivity contribution is 5.98. The molecular weight excluding hydrogens is 546 g/mol. The second-order valence-electron chi connectivity index (χ2n) is 11.1. The van der Waals surface area contributed by atoms with Gasteiger partial charge >= 0.3 is 18.0 Å². The van der Waals surface area contributed by atoms with Gasteiger partial charge in [0.05, 0.1) is 26.3 Å². The van der Waals surface area contributed by atoms with Crippen LogP contribution in [0.4, 0.5) is 4.79 Å². The zero-order chi connectivity index (χ0) is 30.8. The van der Waals surface area contributed by atoms with E-state index < -0.39 is 47.2 Å². The highest BCUT2D eigenvalue weighted by atomic mass is 16.6. The van der Waals surface area contributed by atoms with Crippen molar-refractivity contribution >= 4 is 34.8 Å². The van der Waals surface area contributed by atoms with Gasteiger partial charge in [0.25, 0.3) is 0 Å². The number of ether oxygens (including phenoxy) is 4. The third-order valence-electron chi connectivity index (χ3n) is 7.07. The number of nitrogens with one attached hydrogen (secondary N) is 1. The Labute approximate surface area is 243 Å². The normalized spacial score (nSPS) is 23.4. The molecule has 42 heavy (non-hydrogen) atoms. The summed E-state index contributed by atoms with van der Waals surface area (Å²) in [6.45, 7) is 8.90. The maximum absolute atomic E-state index is 13.6. The van der Waals surface area contributed by atoms with Crippen LogP contribution < -0.4 is 14.8 Å². The van der Waals surface area contributed by atoms with Crippen molar-refractivity contribution in [2.45, 2.75) is 56.9 Å². The van der Waals surface area contributed by atoms with Crippen LogP contribution in [0.2, 0.25) is 0 Å². The summed E-state index contributed by atoms with van der Waals surface area (Å²) in [5, 5.41) is 10.5. The quantitative estimate of drug-likeness (QED) is 0.280. The molecule has 2 aromatic rings. The van der Waals surface area contributed by atoms with E-state index in [1.165, 1.54) is 32.2 Å². The number of hydrogen-bond acceptors (Lipinski definition) is 10. The van der Waals surface area contributed by atoms with Crippen LogP contribution in [-0.2, 0) is 19.1 Å². The number of likely N-dealkylation sites (tertiary alicyclic amines) is 1. The number of rotatable bonds is 8. The Hall–Kier alpha value is -4.55. The molecule has 1 aromatic carbocycles. The lowest BCUT2D eigenvalue weighted by Crippen LogP contribution is -2.53. The summed E-state index contributed by atoms with van der Waals surface area (Å²) in [5.74, 6) is -1.28. The van der Waals surface area contributed by atoms with Gasteiger partial charge in [0.15, 0.2) is 0 Å². The summed E-state index contributed by atoms with van der Waals surface area (Å²) < 4.78 is 22.1. The highest BCUT2D eigenvalue weighted by Crippen LogP contribution is 2.45. The zero-order valence-electron chi connectivity index (χ0n) is 24.5. The monoisotopic (exact) mass is 581 g/mol. The Morgan fingerprint density at radius 3 is 2.52 bits per heavy atom. The highest BCUT2D eigenvalue weighted by Gasteiger charge is 2.62. The fourth-order valence-corrected chi connectivity index (χ4v) is 4.97. The third kappa shape index (κ3) is 6.19. The second kappa shape index (κ2) is 11.7. The van der Waals surface area contributed by atoms with E-state index >= 15 is 0 Å². The number of hydrogen-bond donors (Lipinski definition) is 1. The van der Waals surface area contributed by atoms with E-state index in [1.807, 2.05) is 0 Å². The molecular formula is C29H35N5O8. The number of methoxy groups -OCH3 is 2. The van der Waals surface area contributed by atoms with Crippen molar-refractivity contribution in [1.82, 2.24) is 15.2 Å². The maximum Gasteiger partial charge on any atom is 0.411 e. The fraction of sp³-hybridized carbons (Fsp3) is 0.483. The smallest absolute Gasteiger partial charge is 0.411 e. The predicted octanol–water partition coefficient (Wildman–Crippen LogP) is 3.46. The number of carbonyl (C=O) groups is 4. The largest absolute Gasteiger partial charge is 0.497 e. The minimum Gasteiger partial charge on any atom is -0.497 e. The Morgan fingerprint density at radius 2 is 1.93 bits per heavy atom. The number of fused-ring (bicyclic) bond motifs is 1. The summed E-state index contributed by atoms with van der Waals surface area (Å²) in [7, 11) is 4.13. The number of benzene rings is 1. The Morgan fingerprint density at radius 1 is 1.19 bits per heavy atom. The topological polar surface area (TPSA) is 158 Å². The minimum atomic E-state index is -1.24. The van der Waals surface area contributed by atoms with Crippen LogP contribution in [0.3, 0.4) is 0 Å². The van der Waals surface area contributed by atoms with Gasteiger partial charge in [0, 0.05) is 36.9 Å². The number of amides is 3. The van der Waals surface area contributed by atoms with Crippen molar-refractivity contribution in [2.24, 2.45) is 16.1 Å². The van der Waals surface area contributed by atoms with Gasteiger partial charge in [-0.1, -0.05) is 6.08 Å². The van der Waals surface area contributed by atoms with Gasteiger partial charge in [-0.25, -0.2) is 14.6 Å². The molecule has 2 aliphatic rings. The molecule has 1 aromatic heterocycles. The average Bonchev–Trinajstić information content (AvgIpc) is 3.49. The first-order chi connectivity index (χ1) is 19.8. The van der Waals surface area contributed by atoms with Gasteiger partial charge < -0.3 is 24.3 Å². The SMILES string of the molecule is C=C[C@H]1C[C@]1(NC(=O)[C@@H]1CC(Oc2cc(C(=O)N=NC)nc3cc(OC)ccc23)CN1C(=O)OC(C)(C)C)C(=O)OC. The van der Waals surface area contributed by atoms with Gasteiger partial charge in [-0.05, 0) is 39.3 Å². The zero-order valence-corrected chi connectivity index (χ0v) is 24.5. The third-order valence-corrected chi connectivity index (χ3v) is 7.07. The van der Waals surface area contributed by atoms with Gasteiger partial charge in [0.1, 0.15) is 40.5 Å². The molecule has 1 unspecified atom stereocenters. The summed E-state index contributed by atoms with van der Waals surface area (Å²) >= 11 is 0. The lowest BCUT2D eigenvalue weighted by atomic mass is 10.1. The summed E-state index contributed by atoms with van der Waals surface area (Å²) in [6.07, 6.45) is 0.621. The Kier molecular flexibility index (Phi) is 8.50. The molecule has 1 aliphatic heterocycles. The van der Waals surface area contributed by atoms with E-state index in [-0.39, 0.29) is 24.6 Å². The number of pyridine rings is 1. The summed E-state index contributed by atoms with van der Waals surface area (Å²) in [6, 6.07) is 5.54. The van der Waals surface area contributed by atoms with Crippen molar-refractivity contribution in [1.29, 1.82) is 0 Å². The molecule has 1 saturated carbocycles. The maximum atomic E-state index is 13.6. The van der Waals surface area contributed by atoms with Crippen molar-refractivity contribution in [3.05, 3.63) is 42.6 Å². The number of aromatic nitrogens is 1. The molecule has 13 heteroatoms. The van der Waals surface area contributed by atoms with Crippen LogP contribution in [0.25, 0.3) is 10.9 Å². The molecule has 0 bridgehead atoms. The van der Waals surface area contributed by atoms with E-state index in [0.29, 0.717) is 28.8 Å². The summed E-state index contributed by atoms with van der Waals surface area (Å²) in [5.41, 5.74) is -1.65. The molecule has 1 aliphatic carbocycles. The number of nitrogens with zero attached hydrogens (tertiary/aromatic N) is 4. The van der Waals surface area contributed by atoms with E-state index in [0.717, 1.165) is 0 Å². The fourth-order valence-electron chi connectivity index (χ4n) is 4.97. The lowest BCUT2D eigenvalue weighted by Gasteiger charge is -2.28. The number of esters is 1. The molecule has 2 heterocycles. The van der Waals surface area contributed by atoms with Gasteiger partial charge in [-0.2, -0.15) is 5.11 Å². The van der Waals surface area contributed by atoms with E-state index in [2.05, 4.69) is 27.1 Å². The predicted molar refractivity (Wildman–Crippen MR) is 150 cm³/mol. The standard InChI is InChI=1S/C29H35N5O8/c1-8-16-14-29(16,26(37)40-7)32-25(36)22-12-18(15-34(22)27(38)42-28(2,3)4)41-23-13-21(24(35)33-30-5)31-20-11-17(39-6)9-10-19(20)23/h8-11,13,16,18,22H,1,12,14-15H2,2-7H3,(H,32,36)/t16-,18?,22-,29+/m0/s1. The number of azo groups is 1. The van der Waals surface area contributed by atoms with Crippen LogP contribution in [-0.4, -0.2) is 84.9 Å². The molecule has 4 rings (SSSR count). The van der Waals surface area contributed by atoms with Crippen LogP contribution in [0.5, 0.6) is 11.5 Å². The second-order valence-corrected chi connectivity index (χ2v) is 11.1. The van der Waals surface area contributed by atoms with Crippen molar-refractivity contribution < 1.29 is 38.1 Å². The van der Waals surface area contributed by atoms with Gasteiger partial charge in [0.2, 0.25) is 5.91 Å². The minimum absolute atomic E-state index is 0.00102. The first-order valence-electron chi connectivity index (χ1n) is 13.4.